The van der Waals surface area contributed by atoms with Crippen LogP contribution in [0.25, 0.3) is 0 Å². The minimum absolute atomic E-state index is 0.675. The van der Waals surface area contributed by atoms with Gasteiger partial charge in [0.1, 0.15) is 11.5 Å². The molecule has 0 saturated heterocycles. The Kier molecular flexibility index (Phi) is 4.18. The minimum Gasteiger partial charge on any atom is -0.457 e. The fraction of sp³-hybridized carbons (Fsp3) is 0.333. The molecule has 21 heavy (non-hydrogen) atoms. The van der Waals surface area contributed by atoms with E-state index >= 15 is 0 Å². The summed E-state index contributed by atoms with van der Waals surface area (Å²) in [6.07, 6.45) is 2.56. The lowest BCUT2D eigenvalue weighted by Crippen LogP contribution is -2.15. The molecule has 0 spiro atoms. The Balaban J connectivity index is 1.85. The Morgan fingerprint density at radius 2 is 1.95 bits per heavy atom. The molecule has 0 amide bonds. The molecule has 1 aliphatic carbocycles. The van der Waals surface area contributed by atoms with Crippen LogP contribution < -0.4 is 10.1 Å². The van der Waals surface area contributed by atoms with Gasteiger partial charge in [-0.1, -0.05) is 29.8 Å². The molecule has 1 N–H and O–H groups in total. The third kappa shape index (κ3) is 3.58. The number of hydrogen-bond acceptors (Lipinski definition) is 2. The standard InChI is InChI=1S/C18H20ClNO/c1-12-4-3-5-17(13(12)2)21-18-10-15(19)7-6-14(18)11-20-16-8-9-16/h3-7,10,16,20H,8-9,11H2,1-2H3. The second kappa shape index (κ2) is 6.08. The summed E-state index contributed by atoms with van der Waals surface area (Å²) in [6, 6.07) is 12.6. The Morgan fingerprint density at radius 1 is 1.14 bits per heavy atom. The van der Waals surface area contributed by atoms with Gasteiger partial charge in [0.2, 0.25) is 0 Å². The molecule has 0 bridgehead atoms. The molecule has 0 unspecified atom stereocenters. The molecule has 1 fully saturated rings. The predicted molar refractivity (Wildman–Crippen MR) is 87.3 cm³/mol. The first-order valence-electron chi connectivity index (χ1n) is 7.39. The van der Waals surface area contributed by atoms with E-state index in [0.717, 1.165) is 23.6 Å². The van der Waals surface area contributed by atoms with Crippen molar-refractivity contribution in [3.05, 3.63) is 58.1 Å². The normalized spacial score (nSPS) is 14.2. The maximum Gasteiger partial charge on any atom is 0.133 e. The van der Waals surface area contributed by atoms with Gasteiger partial charge in [0, 0.05) is 23.2 Å². The zero-order valence-electron chi connectivity index (χ0n) is 12.4. The van der Waals surface area contributed by atoms with Crippen LogP contribution in [-0.2, 0) is 6.54 Å². The molecule has 3 rings (SSSR count). The molecule has 0 atom stereocenters. The van der Waals surface area contributed by atoms with E-state index in [2.05, 4.69) is 25.2 Å². The second-order valence-electron chi connectivity index (χ2n) is 5.71. The number of aryl methyl sites for hydroxylation is 1. The van der Waals surface area contributed by atoms with E-state index in [1.807, 2.05) is 30.3 Å². The highest BCUT2D eigenvalue weighted by molar-refractivity contribution is 6.30. The van der Waals surface area contributed by atoms with Gasteiger partial charge < -0.3 is 10.1 Å². The van der Waals surface area contributed by atoms with Crippen molar-refractivity contribution in [2.75, 3.05) is 0 Å². The molecule has 1 aliphatic rings. The van der Waals surface area contributed by atoms with E-state index in [-0.39, 0.29) is 0 Å². The SMILES string of the molecule is Cc1cccc(Oc2cc(Cl)ccc2CNC2CC2)c1C. The minimum atomic E-state index is 0.675. The molecule has 3 heteroatoms. The topological polar surface area (TPSA) is 21.3 Å². The van der Waals surface area contributed by atoms with E-state index in [9.17, 15) is 0 Å². The third-order valence-electron chi connectivity index (χ3n) is 3.96. The first-order valence-corrected chi connectivity index (χ1v) is 7.77. The summed E-state index contributed by atoms with van der Waals surface area (Å²) in [5, 5.41) is 4.22. The molecule has 1 saturated carbocycles. The van der Waals surface area contributed by atoms with Crippen molar-refractivity contribution in [1.29, 1.82) is 0 Å². The van der Waals surface area contributed by atoms with Crippen LogP contribution in [0, 0.1) is 13.8 Å². The largest absolute Gasteiger partial charge is 0.457 e. The first kappa shape index (κ1) is 14.4. The lowest BCUT2D eigenvalue weighted by Gasteiger charge is -2.15. The van der Waals surface area contributed by atoms with Crippen LogP contribution in [0.1, 0.15) is 29.5 Å². The Bertz CT molecular complexity index is 650. The number of benzene rings is 2. The molecule has 0 heterocycles. The zero-order chi connectivity index (χ0) is 14.8. The van der Waals surface area contributed by atoms with E-state index in [4.69, 9.17) is 16.3 Å². The van der Waals surface area contributed by atoms with Gasteiger partial charge in [-0.25, -0.2) is 0 Å². The fourth-order valence-corrected chi connectivity index (χ4v) is 2.43. The number of halogens is 1. The van der Waals surface area contributed by atoms with Crippen molar-refractivity contribution in [3.8, 4) is 11.5 Å². The summed E-state index contributed by atoms with van der Waals surface area (Å²) in [7, 11) is 0. The number of hydrogen-bond donors (Lipinski definition) is 1. The van der Waals surface area contributed by atoms with Crippen LogP contribution in [0.2, 0.25) is 5.02 Å². The Labute approximate surface area is 131 Å². The van der Waals surface area contributed by atoms with Gasteiger partial charge in [0.05, 0.1) is 0 Å². The Morgan fingerprint density at radius 3 is 2.71 bits per heavy atom. The van der Waals surface area contributed by atoms with E-state index in [0.29, 0.717) is 11.1 Å². The zero-order valence-corrected chi connectivity index (χ0v) is 13.2. The smallest absolute Gasteiger partial charge is 0.133 e. The van der Waals surface area contributed by atoms with Crippen molar-refractivity contribution in [1.82, 2.24) is 5.32 Å². The van der Waals surface area contributed by atoms with Crippen LogP contribution in [0.3, 0.4) is 0 Å². The van der Waals surface area contributed by atoms with Gasteiger partial charge in [-0.15, -0.1) is 0 Å². The van der Waals surface area contributed by atoms with Crippen LogP contribution >= 0.6 is 11.6 Å². The number of ether oxygens (including phenoxy) is 1. The summed E-state index contributed by atoms with van der Waals surface area (Å²) < 4.78 is 6.13. The third-order valence-corrected chi connectivity index (χ3v) is 4.20. The van der Waals surface area contributed by atoms with Gasteiger partial charge in [0.15, 0.2) is 0 Å². The van der Waals surface area contributed by atoms with Crippen LogP contribution in [-0.4, -0.2) is 6.04 Å². The molecule has 0 radical (unpaired) electrons. The Hall–Kier alpha value is -1.51. The van der Waals surface area contributed by atoms with Crippen LogP contribution in [0.5, 0.6) is 11.5 Å². The van der Waals surface area contributed by atoms with Crippen LogP contribution in [0.15, 0.2) is 36.4 Å². The summed E-state index contributed by atoms with van der Waals surface area (Å²) in [6.45, 7) is 5.00. The summed E-state index contributed by atoms with van der Waals surface area (Å²) in [5.41, 5.74) is 3.54. The highest BCUT2D eigenvalue weighted by Gasteiger charge is 2.20. The van der Waals surface area contributed by atoms with Crippen molar-refractivity contribution >= 4 is 11.6 Å². The van der Waals surface area contributed by atoms with Gasteiger partial charge in [-0.2, -0.15) is 0 Å². The van der Waals surface area contributed by atoms with Crippen LogP contribution in [0.4, 0.5) is 0 Å². The quantitative estimate of drug-likeness (QED) is 0.839. The van der Waals surface area contributed by atoms with Gasteiger partial charge in [-0.05, 0) is 56.0 Å². The second-order valence-corrected chi connectivity index (χ2v) is 6.14. The molecular formula is C18H20ClNO. The average molecular weight is 302 g/mol. The van der Waals surface area contributed by atoms with E-state index < -0.39 is 0 Å². The average Bonchev–Trinajstić information content (AvgIpc) is 3.27. The summed E-state index contributed by atoms with van der Waals surface area (Å²) >= 11 is 6.13. The highest BCUT2D eigenvalue weighted by atomic mass is 35.5. The highest BCUT2D eigenvalue weighted by Crippen LogP contribution is 2.32. The van der Waals surface area contributed by atoms with Gasteiger partial charge >= 0.3 is 0 Å². The van der Waals surface area contributed by atoms with Crippen molar-refractivity contribution in [2.45, 2.75) is 39.3 Å². The maximum atomic E-state index is 6.13. The molecule has 2 aromatic carbocycles. The van der Waals surface area contributed by atoms with E-state index in [1.165, 1.54) is 24.0 Å². The maximum absolute atomic E-state index is 6.13. The number of rotatable bonds is 5. The molecule has 2 aromatic rings. The molecule has 0 aliphatic heterocycles. The van der Waals surface area contributed by atoms with Gasteiger partial charge in [0.25, 0.3) is 0 Å². The van der Waals surface area contributed by atoms with E-state index in [1.54, 1.807) is 0 Å². The fourth-order valence-electron chi connectivity index (χ4n) is 2.26. The monoisotopic (exact) mass is 301 g/mol. The van der Waals surface area contributed by atoms with Gasteiger partial charge in [-0.3, -0.25) is 0 Å². The van der Waals surface area contributed by atoms with Crippen molar-refractivity contribution < 1.29 is 4.74 Å². The summed E-state index contributed by atoms with van der Waals surface area (Å²) in [4.78, 5) is 0. The lowest BCUT2D eigenvalue weighted by molar-refractivity contribution is 0.468. The number of nitrogens with one attached hydrogen (secondary N) is 1. The van der Waals surface area contributed by atoms with Crippen molar-refractivity contribution in [2.24, 2.45) is 0 Å². The molecule has 2 nitrogen and oxygen atoms in total. The predicted octanol–water partition coefficient (Wildman–Crippen LogP) is 5.00. The molecule has 0 aromatic heterocycles. The molecule has 110 valence electrons. The van der Waals surface area contributed by atoms with Crippen molar-refractivity contribution in [3.63, 3.8) is 0 Å². The lowest BCUT2D eigenvalue weighted by atomic mass is 10.1. The molecular weight excluding hydrogens is 282 g/mol. The summed E-state index contributed by atoms with van der Waals surface area (Å²) in [5.74, 6) is 1.73. The first-order chi connectivity index (χ1) is 10.1.